The minimum Gasteiger partial charge on any atom is -0.502 e. The Bertz CT molecular complexity index is 1220. The van der Waals surface area contributed by atoms with E-state index in [2.05, 4.69) is 11.1 Å². The van der Waals surface area contributed by atoms with Crippen LogP contribution in [-0.2, 0) is 6.42 Å². The van der Waals surface area contributed by atoms with Gasteiger partial charge in [-0.2, -0.15) is 0 Å². The highest BCUT2D eigenvalue weighted by Crippen LogP contribution is 2.33. The van der Waals surface area contributed by atoms with Gasteiger partial charge in [0, 0.05) is 36.3 Å². The number of nitrogens with zero attached hydrogens (tertiary/aromatic N) is 4. The lowest BCUT2D eigenvalue weighted by Gasteiger charge is -2.43. The highest BCUT2D eigenvalue weighted by atomic mass is 16.3. The minimum atomic E-state index is -0.570. The van der Waals surface area contributed by atoms with E-state index in [1.165, 1.54) is 6.07 Å². The first-order chi connectivity index (χ1) is 15.1. The zero-order valence-corrected chi connectivity index (χ0v) is 16.9. The largest absolute Gasteiger partial charge is 0.502 e. The second-order valence-electron chi connectivity index (χ2n) is 7.69. The summed E-state index contributed by atoms with van der Waals surface area (Å²) in [6.07, 6.45) is 8.95. The number of aromatic hydroxyl groups is 1. The van der Waals surface area contributed by atoms with E-state index in [-0.39, 0.29) is 17.6 Å². The molecule has 7 heteroatoms. The highest BCUT2D eigenvalue weighted by Gasteiger charge is 2.36. The van der Waals surface area contributed by atoms with Crippen LogP contribution in [0.1, 0.15) is 39.8 Å². The van der Waals surface area contributed by atoms with Crippen molar-refractivity contribution in [2.75, 3.05) is 18.2 Å². The number of hydrogen-bond acceptors (Lipinski definition) is 5. The van der Waals surface area contributed by atoms with Gasteiger partial charge in [-0.3, -0.25) is 24.3 Å². The molecule has 0 saturated carbocycles. The Morgan fingerprint density at radius 2 is 1.84 bits per heavy atom. The molecule has 2 aliphatic rings. The maximum absolute atomic E-state index is 13.2. The maximum atomic E-state index is 13.2. The minimum absolute atomic E-state index is 0.0160. The number of aromatic nitrogens is 2. The molecular weight excluding hydrogens is 392 g/mol. The molecular formula is C24H22N4O3. The van der Waals surface area contributed by atoms with Gasteiger partial charge in [0.15, 0.2) is 11.4 Å². The van der Waals surface area contributed by atoms with Crippen LogP contribution in [0.3, 0.4) is 0 Å². The van der Waals surface area contributed by atoms with Gasteiger partial charge in [0.05, 0.1) is 6.04 Å². The fraction of sp³-hybridized carbons (Fsp3) is 0.208. The molecule has 156 valence electrons. The lowest BCUT2D eigenvalue weighted by atomic mass is 9.95. The molecule has 1 aromatic carbocycles. The van der Waals surface area contributed by atoms with Crippen LogP contribution < -0.4 is 10.4 Å². The smallest absolute Gasteiger partial charge is 0.278 e. The second kappa shape index (κ2) is 7.75. The maximum Gasteiger partial charge on any atom is 0.278 e. The van der Waals surface area contributed by atoms with Crippen LogP contribution in [0.2, 0.25) is 0 Å². The summed E-state index contributed by atoms with van der Waals surface area (Å²) < 4.78 is 1.62. The van der Waals surface area contributed by atoms with Gasteiger partial charge < -0.3 is 10.0 Å². The number of amides is 1. The van der Waals surface area contributed by atoms with E-state index in [1.807, 2.05) is 53.6 Å². The van der Waals surface area contributed by atoms with E-state index in [4.69, 9.17) is 0 Å². The molecule has 1 atom stereocenters. The van der Waals surface area contributed by atoms with Crippen LogP contribution in [0.15, 0.2) is 77.9 Å². The van der Waals surface area contributed by atoms with Crippen molar-refractivity contribution in [1.29, 1.82) is 0 Å². The number of carbonyl (C=O) groups is 1. The Balaban J connectivity index is 1.80. The molecule has 31 heavy (non-hydrogen) atoms. The molecule has 2 aromatic heterocycles. The summed E-state index contributed by atoms with van der Waals surface area (Å²) in [5.41, 5.74) is 2.46. The van der Waals surface area contributed by atoms with Crippen LogP contribution in [0.25, 0.3) is 0 Å². The van der Waals surface area contributed by atoms with Gasteiger partial charge in [-0.05, 0) is 24.5 Å². The molecule has 0 saturated heterocycles. The van der Waals surface area contributed by atoms with E-state index < -0.39 is 11.2 Å². The SMILES string of the molecule is O=C1c2c(O)c(=O)ccn2N2CN1C/C=C\CCc1ncccc1[C@@H]2c1ccccc1. The van der Waals surface area contributed by atoms with Crippen LogP contribution in [0, 0.1) is 0 Å². The zero-order valence-electron chi connectivity index (χ0n) is 16.9. The third-order valence-corrected chi connectivity index (χ3v) is 5.81. The molecule has 5 rings (SSSR count). The number of aryl methyl sites for hydroxylation is 1. The summed E-state index contributed by atoms with van der Waals surface area (Å²) in [6.45, 7) is 0.690. The number of pyridine rings is 2. The molecule has 0 radical (unpaired) electrons. The number of carbonyl (C=O) groups excluding carboxylic acids is 1. The zero-order chi connectivity index (χ0) is 21.4. The van der Waals surface area contributed by atoms with Crippen molar-refractivity contribution < 1.29 is 9.90 Å². The first-order valence-corrected chi connectivity index (χ1v) is 10.3. The molecule has 1 N–H and O–H groups in total. The molecule has 0 spiro atoms. The monoisotopic (exact) mass is 414 g/mol. The van der Waals surface area contributed by atoms with Crippen molar-refractivity contribution >= 4 is 5.91 Å². The molecule has 0 unspecified atom stereocenters. The molecule has 3 aromatic rings. The van der Waals surface area contributed by atoms with Gasteiger partial charge in [0.1, 0.15) is 6.67 Å². The van der Waals surface area contributed by atoms with E-state index in [0.29, 0.717) is 13.2 Å². The van der Waals surface area contributed by atoms with E-state index in [9.17, 15) is 14.7 Å². The summed E-state index contributed by atoms with van der Waals surface area (Å²) >= 11 is 0. The van der Waals surface area contributed by atoms with Gasteiger partial charge in [-0.15, -0.1) is 0 Å². The number of fused-ring (bicyclic) bond motifs is 5. The van der Waals surface area contributed by atoms with E-state index in [1.54, 1.807) is 22.0 Å². The topological polar surface area (TPSA) is 78.7 Å². The molecule has 7 nitrogen and oxygen atoms in total. The molecule has 1 amide bonds. The lowest BCUT2D eigenvalue weighted by molar-refractivity contribution is 0.0701. The Kier molecular flexibility index (Phi) is 4.78. The van der Waals surface area contributed by atoms with Crippen molar-refractivity contribution in [2.24, 2.45) is 0 Å². The summed E-state index contributed by atoms with van der Waals surface area (Å²) in [6, 6.07) is 15.0. The first-order valence-electron chi connectivity index (χ1n) is 10.3. The first kappa shape index (κ1) is 19.1. The Labute approximate surface area is 179 Å². The Hall–Kier alpha value is -3.87. The third kappa shape index (κ3) is 3.28. The Morgan fingerprint density at radius 3 is 2.68 bits per heavy atom. The van der Waals surface area contributed by atoms with Gasteiger partial charge in [0.2, 0.25) is 5.43 Å². The van der Waals surface area contributed by atoms with Crippen molar-refractivity contribution in [3.05, 3.63) is 106 Å². The molecule has 2 bridgehead atoms. The van der Waals surface area contributed by atoms with Crippen LogP contribution in [-0.4, -0.2) is 38.8 Å². The van der Waals surface area contributed by atoms with E-state index >= 15 is 0 Å². The average Bonchev–Trinajstić information content (AvgIpc) is 2.82. The summed E-state index contributed by atoms with van der Waals surface area (Å²) in [5, 5.41) is 12.5. The standard InChI is InChI=1S/C24H22N4O3/c29-20-12-15-27-22(23(20)30)24(31)26-14-6-2-5-11-19-18(10-7-13-25-19)21(28(27)16-26)17-8-3-1-4-9-17/h1-4,6-10,12-13,15,21,30H,5,11,14,16H2/b6-2-/t21-/m0/s1. The molecule has 0 aliphatic carbocycles. The number of benzene rings is 1. The fourth-order valence-electron chi connectivity index (χ4n) is 4.33. The quantitative estimate of drug-likeness (QED) is 0.620. The van der Waals surface area contributed by atoms with Crippen molar-refractivity contribution in [3.8, 4) is 5.75 Å². The summed E-state index contributed by atoms with van der Waals surface area (Å²) in [5.74, 6) is -0.896. The van der Waals surface area contributed by atoms with Crippen molar-refractivity contribution in [3.63, 3.8) is 0 Å². The van der Waals surface area contributed by atoms with Crippen molar-refractivity contribution in [2.45, 2.75) is 18.9 Å². The predicted octanol–water partition coefficient (Wildman–Crippen LogP) is 2.59. The average molecular weight is 414 g/mol. The van der Waals surface area contributed by atoms with Crippen molar-refractivity contribution in [1.82, 2.24) is 14.6 Å². The number of hydrogen-bond donors (Lipinski definition) is 1. The van der Waals surface area contributed by atoms with Crippen LogP contribution in [0.5, 0.6) is 5.75 Å². The van der Waals surface area contributed by atoms with Gasteiger partial charge in [-0.25, -0.2) is 0 Å². The lowest BCUT2D eigenvalue weighted by Crippen LogP contribution is -2.55. The second-order valence-corrected chi connectivity index (χ2v) is 7.69. The van der Waals surface area contributed by atoms with Crippen LogP contribution >= 0.6 is 0 Å². The van der Waals surface area contributed by atoms with Gasteiger partial charge in [0.25, 0.3) is 5.91 Å². The molecule has 0 fully saturated rings. The fourth-order valence-corrected chi connectivity index (χ4v) is 4.33. The van der Waals surface area contributed by atoms with Crippen LogP contribution in [0.4, 0.5) is 0 Å². The summed E-state index contributed by atoms with van der Waals surface area (Å²) in [4.78, 5) is 31.6. The number of rotatable bonds is 1. The third-order valence-electron chi connectivity index (χ3n) is 5.81. The molecule has 2 aliphatic heterocycles. The normalized spacial score (nSPS) is 19.2. The Morgan fingerprint density at radius 1 is 1.00 bits per heavy atom. The summed E-state index contributed by atoms with van der Waals surface area (Å²) in [7, 11) is 0. The highest BCUT2D eigenvalue weighted by molar-refractivity contribution is 5.96. The van der Waals surface area contributed by atoms with Gasteiger partial charge in [-0.1, -0.05) is 48.6 Å². The number of allylic oxidation sites excluding steroid dienone is 1. The molecule has 4 heterocycles. The van der Waals surface area contributed by atoms with E-state index in [0.717, 1.165) is 29.7 Å². The predicted molar refractivity (Wildman–Crippen MR) is 116 cm³/mol. The van der Waals surface area contributed by atoms with Gasteiger partial charge >= 0.3 is 0 Å².